The summed E-state index contributed by atoms with van der Waals surface area (Å²) in [5.74, 6) is -0.236. The minimum Gasteiger partial charge on any atom is -0.466 e. The van der Waals surface area contributed by atoms with Gasteiger partial charge < -0.3 is 14.6 Å². The number of benzene rings is 2. The summed E-state index contributed by atoms with van der Waals surface area (Å²) in [5.41, 5.74) is 5.67. The molecule has 0 radical (unpaired) electrons. The summed E-state index contributed by atoms with van der Waals surface area (Å²) < 4.78 is 11.2. The topological polar surface area (TPSA) is 59.0 Å². The molecule has 0 aromatic heterocycles. The number of ether oxygens (including phenoxy) is 2. The predicted molar refractivity (Wildman–Crippen MR) is 160 cm³/mol. The van der Waals surface area contributed by atoms with Crippen molar-refractivity contribution in [3.05, 3.63) is 68.2 Å². The van der Waals surface area contributed by atoms with E-state index in [1.54, 1.807) is 6.92 Å². The molecular formula is C32H45Cl2NO4. The molecule has 5 nitrogen and oxygen atoms in total. The monoisotopic (exact) mass is 577 g/mol. The van der Waals surface area contributed by atoms with Crippen molar-refractivity contribution in [3.8, 4) is 0 Å². The molecule has 0 bridgehead atoms. The van der Waals surface area contributed by atoms with E-state index >= 15 is 0 Å². The molecule has 1 heterocycles. The van der Waals surface area contributed by atoms with Crippen LogP contribution in [0.3, 0.4) is 0 Å². The lowest BCUT2D eigenvalue weighted by atomic mass is 9.97. The maximum Gasteiger partial charge on any atom is 0.306 e. The third kappa shape index (κ3) is 9.19. The number of nitrogens with zero attached hydrogens (tertiary/aromatic N) is 1. The van der Waals surface area contributed by atoms with Crippen LogP contribution >= 0.6 is 23.2 Å². The summed E-state index contributed by atoms with van der Waals surface area (Å²) in [5, 5.41) is 12.4. The van der Waals surface area contributed by atoms with Crippen molar-refractivity contribution in [2.75, 3.05) is 26.3 Å². The minimum absolute atomic E-state index is 0.236. The molecule has 216 valence electrons. The molecular weight excluding hydrogens is 533 g/mol. The Labute approximate surface area is 244 Å². The van der Waals surface area contributed by atoms with Crippen LogP contribution in [-0.4, -0.2) is 54.4 Å². The average Bonchev–Trinajstić information content (AvgIpc) is 3.37. The summed E-state index contributed by atoms with van der Waals surface area (Å²) in [6, 6.07) is 10.7. The number of hydrogen-bond donors (Lipinski definition) is 1. The second-order valence-electron chi connectivity index (χ2n) is 10.5. The Morgan fingerprint density at radius 1 is 1.13 bits per heavy atom. The van der Waals surface area contributed by atoms with Gasteiger partial charge in [-0.1, -0.05) is 61.3 Å². The Morgan fingerprint density at radius 3 is 2.51 bits per heavy atom. The van der Waals surface area contributed by atoms with Gasteiger partial charge >= 0.3 is 5.97 Å². The van der Waals surface area contributed by atoms with Gasteiger partial charge in [0.2, 0.25) is 0 Å². The van der Waals surface area contributed by atoms with Crippen molar-refractivity contribution in [2.45, 2.75) is 97.3 Å². The molecule has 1 saturated heterocycles. The van der Waals surface area contributed by atoms with Gasteiger partial charge in [-0.2, -0.15) is 0 Å². The number of β-amino-alcohol motifs (C(OH)–C–C–N with tert-alkyl or cyclic N) is 1. The average molecular weight is 579 g/mol. The number of likely N-dealkylation sites (tertiary alicyclic amines) is 1. The van der Waals surface area contributed by atoms with E-state index in [-0.39, 0.29) is 25.1 Å². The molecule has 39 heavy (non-hydrogen) atoms. The SMILES string of the molecule is CCOC(=O)CCc1c(Cl)cccc1[C@@H](C)OC[C@H](O)CN1CCC[C@H]1CCc1cc(CC)c(Cl)c(CC)c1. The molecule has 1 aliphatic heterocycles. The Balaban J connectivity index is 1.53. The van der Waals surface area contributed by atoms with Crippen LogP contribution < -0.4 is 0 Å². The number of carbonyl (C=O) groups excluding carboxylic acids is 1. The van der Waals surface area contributed by atoms with Gasteiger partial charge in [0.25, 0.3) is 0 Å². The van der Waals surface area contributed by atoms with E-state index in [2.05, 4.69) is 30.9 Å². The molecule has 3 atom stereocenters. The van der Waals surface area contributed by atoms with Gasteiger partial charge in [0.1, 0.15) is 0 Å². The highest BCUT2D eigenvalue weighted by molar-refractivity contribution is 6.32. The van der Waals surface area contributed by atoms with Gasteiger partial charge in [-0.3, -0.25) is 9.69 Å². The first kappa shape index (κ1) is 31.9. The second kappa shape index (κ2) is 16.0. The number of aryl methyl sites for hydroxylation is 3. The quantitative estimate of drug-likeness (QED) is 0.228. The molecule has 0 spiro atoms. The number of esters is 1. The van der Waals surface area contributed by atoms with Gasteiger partial charge in [-0.05, 0) is 99.2 Å². The number of rotatable bonds is 15. The summed E-state index contributed by atoms with van der Waals surface area (Å²) in [6.07, 6.45) is 6.23. The Hall–Kier alpha value is -1.63. The lowest BCUT2D eigenvalue weighted by molar-refractivity contribution is -0.143. The number of aliphatic hydroxyl groups excluding tert-OH is 1. The van der Waals surface area contributed by atoms with Crippen LogP contribution in [0.2, 0.25) is 10.0 Å². The van der Waals surface area contributed by atoms with Crippen LogP contribution in [0.15, 0.2) is 30.3 Å². The molecule has 2 aromatic rings. The molecule has 0 saturated carbocycles. The highest BCUT2D eigenvalue weighted by atomic mass is 35.5. The summed E-state index contributed by atoms with van der Waals surface area (Å²) in [6.45, 7) is 10.3. The Kier molecular flexibility index (Phi) is 13.1. The molecule has 1 fully saturated rings. The van der Waals surface area contributed by atoms with E-state index in [9.17, 15) is 9.90 Å². The maximum atomic E-state index is 11.9. The fourth-order valence-corrected chi connectivity index (χ4v) is 6.28. The molecule has 1 N–H and O–H groups in total. The van der Waals surface area contributed by atoms with E-state index in [1.165, 1.54) is 16.7 Å². The zero-order valence-electron chi connectivity index (χ0n) is 24.0. The van der Waals surface area contributed by atoms with Gasteiger partial charge in [0, 0.05) is 29.1 Å². The first-order chi connectivity index (χ1) is 18.8. The fraction of sp³-hybridized carbons (Fsp3) is 0.594. The zero-order valence-corrected chi connectivity index (χ0v) is 25.5. The van der Waals surface area contributed by atoms with Crippen LogP contribution in [0.4, 0.5) is 0 Å². The summed E-state index contributed by atoms with van der Waals surface area (Å²) >= 11 is 13.0. The minimum atomic E-state index is -0.580. The van der Waals surface area contributed by atoms with Crippen LogP contribution in [0.1, 0.15) is 87.3 Å². The van der Waals surface area contributed by atoms with Gasteiger partial charge in [-0.15, -0.1) is 0 Å². The van der Waals surface area contributed by atoms with Crippen molar-refractivity contribution in [3.63, 3.8) is 0 Å². The maximum absolute atomic E-state index is 11.9. The molecule has 2 aromatic carbocycles. The van der Waals surface area contributed by atoms with E-state index in [0.29, 0.717) is 30.6 Å². The zero-order chi connectivity index (χ0) is 28.4. The van der Waals surface area contributed by atoms with E-state index in [1.807, 2.05) is 25.1 Å². The van der Waals surface area contributed by atoms with Crippen molar-refractivity contribution >= 4 is 29.2 Å². The molecule has 7 heteroatoms. The van der Waals surface area contributed by atoms with Crippen LogP contribution in [-0.2, 0) is 40.0 Å². The number of carbonyl (C=O) groups is 1. The van der Waals surface area contributed by atoms with Gasteiger partial charge in [0.05, 0.1) is 25.4 Å². The Morgan fingerprint density at radius 2 is 1.85 bits per heavy atom. The second-order valence-corrected chi connectivity index (χ2v) is 11.3. The first-order valence-electron chi connectivity index (χ1n) is 14.5. The fourth-order valence-electron chi connectivity index (χ4n) is 5.63. The van der Waals surface area contributed by atoms with Crippen LogP contribution in [0.5, 0.6) is 0 Å². The van der Waals surface area contributed by atoms with Crippen molar-refractivity contribution in [1.82, 2.24) is 4.90 Å². The van der Waals surface area contributed by atoms with Crippen molar-refractivity contribution < 1.29 is 19.4 Å². The first-order valence-corrected chi connectivity index (χ1v) is 15.3. The third-order valence-electron chi connectivity index (χ3n) is 7.77. The van der Waals surface area contributed by atoms with Gasteiger partial charge in [0.15, 0.2) is 0 Å². The highest BCUT2D eigenvalue weighted by Gasteiger charge is 2.27. The van der Waals surface area contributed by atoms with Crippen molar-refractivity contribution in [1.29, 1.82) is 0 Å². The standard InChI is InChI=1S/C32H45Cl2NO4/c1-5-24-18-23(19-25(6-2)32(24)34)13-14-26-10-9-17-35(26)20-27(36)21-39-22(4)28-11-8-12-30(33)29(28)15-16-31(37)38-7-3/h8,11-12,18-19,22,26-27,36H,5-7,9-10,13-17,20-21H2,1-4H3/t22-,26+,27-/m1/s1. The summed E-state index contributed by atoms with van der Waals surface area (Å²) in [4.78, 5) is 14.3. The molecule has 0 unspecified atom stereocenters. The van der Waals surface area contributed by atoms with E-state index in [0.717, 1.165) is 61.2 Å². The van der Waals surface area contributed by atoms with Gasteiger partial charge in [-0.25, -0.2) is 0 Å². The predicted octanol–water partition coefficient (Wildman–Crippen LogP) is 7.15. The number of halogens is 2. The molecule has 0 amide bonds. The molecule has 1 aliphatic rings. The molecule has 0 aliphatic carbocycles. The lowest BCUT2D eigenvalue weighted by Gasteiger charge is -2.28. The smallest absolute Gasteiger partial charge is 0.306 e. The summed E-state index contributed by atoms with van der Waals surface area (Å²) in [7, 11) is 0. The lowest BCUT2D eigenvalue weighted by Crippen LogP contribution is -2.38. The van der Waals surface area contributed by atoms with Crippen LogP contribution in [0, 0.1) is 0 Å². The van der Waals surface area contributed by atoms with E-state index < -0.39 is 6.10 Å². The number of hydrogen-bond acceptors (Lipinski definition) is 5. The van der Waals surface area contributed by atoms with Crippen molar-refractivity contribution in [2.24, 2.45) is 0 Å². The normalized spacial score (nSPS) is 17.4. The van der Waals surface area contributed by atoms with E-state index in [4.69, 9.17) is 32.7 Å². The Bertz CT molecular complexity index is 1050. The van der Waals surface area contributed by atoms with Crippen LogP contribution in [0.25, 0.3) is 0 Å². The molecule has 3 rings (SSSR count). The third-order valence-corrected chi connectivity index (χ3v) is 8.61. The number of aliphatic hydroxyl groups is 1. The highest BCUT2D eigenvalue weighted by Crippen LogP contribution is 2.30. The largest absolute Gasteiger partial charge is 0.466 e.